The number of hydrogen-bond acceptors (Lipinski definition) is 4. The molecule has 1 heterocycles. The first-order valence-corrected chi connectivity index (χ1v) is 7.65. The van der Waals surface area contributed by atoms with E-state index >= 15 is 0 Å². The van der Waals surface area contributed by atoms with E-state index in [9.17, 15) is 9.59 Å². The average Bonchev–Trinajstić information content (AvgIpc) is 2.49. The minimum atomic E-state index is -0.550. The van der Waals surface area contributed by atoms with E-state index in [-0.39, 0.29) is 12.3 Å². The van der Waals surface area contributed by atoms with Crippen LogP contribution in [0.4, 0.5) is 10.5 Å². The number of nitrogens with one attached hydrogen (secondary N) is 2. The maximum atomic E-state index is 12.0. The number of esters is 1. The first-order valence-electron chi connectivity index (χ1n) is 7.27. The summed E-state index contributed by atoms with van der Waals surface area (Å²) in [6.45, 7) is 3.71. The van der Waals surface area contributed by atoms with Crippen LogP contribution >= 0.6 is 11.6 Å². The van der Waals surface area contributed by atoms with Gasteiger partial charge in [0.25, 0.3) is 0 Å². The highest BCUT2D eigenvalue weighted by atomic mass is 35.5. The van der Waals surface area contributed by atoms with Gasteiger partial charge in [-0.2, -0.15) is 0 Å². The molecule has 1 atom stereocenters. The lowest BCUT2D eigenvalue weighted by Crippen LogP contribution is -2.45. The Hall–Kier alpha value is -2.21. The molecule has 2 amide bonds. The Labute approximate surface area is 140 Å². The van der Waals surface area contributed by atoms with Crippen LogP contribution in [-0.4, -0.2) is 32.7 Å². The standard InChI is InChI=1S/C16H20ClN3O3/c1-5-23-15(21)14-9(2)13(18-16(22)19-14)11-7-6-10(20(3)4)8-12(11)17/h6-8,13H,5H2,1-4H3,(H2,18,19,22)/t13-/m0/s1. The topological polar surface area (TPSA) is 70.7 Å². The summed E-state index contributed by atoms with van der Waals surface area (Å²) in [5.74, 6) is -0.550. The summed E-state index contributed by atoms with van der Waals surface area (Å²) in [6.07, 6.45) is 0. The second-order valence-electron chi connectivity index (χ2n) is 5.41. The minimum absolute atomic E-state index is 0.161. The largest absolute Gasteiger partial charge is 0.461 e. The number of halogens is 1. The molecule has 23 heavy (non-hydrogen) atoms. The Morgan fingerprint density at radius 3 is 2.65 bits per heavy atom. The van der Waals surface area contributed by atoms with Gasteiger partial charge < -0.3 is 20.3 Å². The second-order valence-corrected chi connectivity index (χ2v) is 5.82. The zero-order chi connectivity index (χ0) is 17.1. The van der Waals surface area contributed by atoms with E-state index in [1.165, 1.54) is 0 Å². The van der Waals surface area contributed by atoms with Gasteiger partial charge in [0.05, 0.1) is 12.6 Å². The molecule has 0 saturated carbocycles. The zero-order valence-electron chi connectivity index (χ0n) is 13.6. The molecule has 2 N–H and O–H groups in total. The normalized spacial score (nSPS) is 17.4. The molecule has 7 heteroatoms. The van der Waals surface area contributed by atoms with E-state index in [1.807, 2.05) is 37.2 Å². The molecule has 0 spiro atoms. The van der Waals surface area contributed by atoms with Gasteiger partial charge in [0.2, 0.25) is 0 Å². The summed E-state index contributed by atoms with van der Waals surface area (Å²) in [4.78, 5) is 25.8. The second kappa shape index (κ2) is 6.91. The maximum absolute atomic E-state index is 12.0. The lowest BCUT2D eigenvalue weighted by atomic mass is 9.96. The van der Waals surface area contributed by atoms with E-state index in [1.54, 1.807) is 13.8 Å². The number of nitrogens with zero attached hydrogens (tertiary/aromatic N) is 1. The third-order valence-electron chi connectivity index (χ3n) is 3.63. The lowest BCUT2D eigenvalue weighted by Gasteiger charge is -2.28. The van der Waals surface area contributed by atoms with E-state index in [0.717, 1.165) is 11.3 Å². The number of ether oxygens (including phenoxy) is 1. The van der Waals surface area contributed by atoms with Crippen LogP contribution in [0.1, 0.15) is 25.5 Å². The van der Waals surface area contributed by atoms with Gasteiger partial charge in [-0.25, -0.2) is 9.59 Å². The fourth-order valence-electron chi connectivity index (χ4n) is 2.39. The molecule has 1 aliphatic heterocycles. The number of anilines is 1. The highest BCUT2D eigenvalue weighted by Crippen LogP contribution is 2.33. The molecule has 124 valence electrons. The number of rotatable bonds is 4. The molecule has 0 bridgehead atoms. The molecular formula is C16H20ClN3O3. The van der Waals surface area contributed by atoms with Crippen LogP contribution in [0.2, 0.25) is 5.02 Å². The van der Waals surface area contributed by atoms with Gasteiger partial charge in [-0.05, 0) is 37.1 Å². The van der Waals surface area contributed by atoms with Crippen LogP contribution in [0.5, 0.6) is 0 Å². The molecule has 0 fully saturated rings. The number of benzene rings is 1. The predicted octanol–water partition coefficient (Wildman–Crippen LogP) is 2.60. The van der Waals surface area contributed by atoms with Crippen molar-refractivity contribution in [1.29, 1.82) is 0 Å². The summed E-state index contributed by atoms with van der Waals surface area (Å²) in [7, 11) is 3.84. The molecule has 0 radical (unpaired) electrons. The molecule has 0 saturated heterocycles. The highest BCUT2D eigenvalue weighted by Gasteiger charge is 2.30. The summed E-state index contributed by atoms with van der Waals surface area (Å²) in [5.41, 5.74) is 2.49. The van der Waals surface area contributed by atoms with Gasteiger partial charge in [0, 0.05) is 24.8 Å². The molecular weight excluding hydrogens is 318 g/mol. The number of carbonyl (C=O) groups excluding carboxylic acids is 2. The smallest absolute Gasteiger partial charge is 0.354 e. The van der Waals surface area contributed by atoms with Gasteiger partial charge in [-0.3, -0.25) is 0 Å². The molecule has 6 nitrogen and oxygen atoms in total. The third-order valence-corrected chi connectivity index (χ3v) is 3.96. The van der Waals surface area contributed by atoms with Crippen LogP contribution in [0.15, 0.2) is 29.5 Å². The van der Waals surface area contributed by atoms with Crippen molar-refractivity contribution < 1.29 is 14.3 Å². The fourth-order valence-corrected chi connectivity index (χ4v) is 2.67. The monoisotopic (exact) mass is 337 g/mol. The van der Waals surface area contributed by atoms with Gasteiger partial charge in [-0.1, -0.05) is 17.7 Å². The van der Waals surface area contributed by atoms with E-state index in [4.69, 9.17) is 16.3 Å². The van der Waals surface area contributed by atoms with Crippen molar-refractivity contribution in [2.24, 2.45) is 0 Å². The van der Waals surface area contributed by atoms with Crippen molar-refractivity contribution in [2.45, 2.75) is 19.9 Å². The van der Waals surface area contributed by atoms with Crippen molar-refractivity contribution in [3.05, 3.63) is 40.1 Å². The van der Waals surface area contributed by atoms with Crippen LogP contribution in [0, 0.1) is 0 Å². The van der Waals surface area contributed by atoms with Crippen molar-refractivity contribution >= 4 is 29.3 Å². The Morgan fingerprint density at radius 1 is 1.39 bits per heavy atom. The van der Waals surface area contributed by atoms with Crippen LogP contribution in [-0.2, 0) is 9.53 Å². The van der Waals surface area contributed by atoms with Gasteiger partial charge in [-0.15, -0.1) is 0 Å². The third kappa shape index (κ3) is 3.59. The SMILES string of the molecule is CCOC(=O)C1=C(C)[C@@H](c2ccc(N(C)C)cc2Cl)NC(=O)N1. The van der Waals surface area contributed by atoms with Gasteiger partial charge >= 0.3 is 12.0 Å². The minimum Gasteiger partial charge on any atom is -0.461 e. The molecule has 2 rings (SSSR count). The number of amides is 2. The molecule has 0 aliphatic carbocycles. The number of carbonyl (C=O) groups is 2. The molecule has 1 aliphatic rings. The van der Waals surface area contributed by atoms with Crippen molar-refractivity contribution in [1.82, 2.24) is 10.6 Å². The van der Waals surface area contributed by atoms with Crippen molar-refractivity contribution in [3.63, 3.8) is 0 Å². The Balaban J connectivity index is 2.43. The molecule has 1 aromatic rings. The fraction of sp³-hybridized carbons (Fsp3) is 0.375. The van der Waals surface area contributed by atoms with Crippen LogP contribution in [0.3, 0.4) is 0 Å². The Morgan fingerprint density at radius 2 is 2.09 bits per heavy atom. The summed E-state index contributed by atoms with van der Waals surface area (Å²) in [5, 5.41) is 5.81. The summed E-state index contributed by atoms with van der Waals surface area (Å²) in [6, 6.07) is 4.64. The van der Waals surface area contributed by atoms with Gasteiger partial charge in [0.1, 0.15) is 5.70 Å². The number of urea groups is 1. The van der Waals surface area contributed by atoms with Crippen molar-refractivity contribution in [2.75, 3.05) is 25.6 Å². The Bertz CT molecular complexity index is 671. The molecule has 1 aromatic carbocycles. The Kier molecular flexibility index (Phi) is 5.15. The predicted molar refractivity (Wildman–Crippen MR) is 89.5 cm³/mol. The zero-order valence-corrected chi connectivity index (χ0v) is 14.3. The summed E-state index contributed by atoms with van der Waals surface area (Å²) >= 11 is 6.37. The van der Waals surface area contributed by atoms with Gasteiger partial charge in [0.15, 0.2) is 0 Å². The summed E-state index contributed by atoms with van der Waals surface area (Å²) < 4.78 is 4.99. The van der Waals surface area contributed by atoms with Crippen LogP contribution < -0.4 is 15.5 Å². The van der Waals surface area contributed by atoms with Crippen molar-refractivity contribution in [3.8, 4) is 0 Å². The first kappa shape index (κ1) is 17.1. The maximum Gasteiger partial charge on any atom is 0.354 e. The van der Waals surface area contributed by atoms with E-state index in [2.05, 4.69) is 10.6 Å². The van der Waals surface area contributed by atoms with Crippen LogP contribution in [0.25, 0.3) is 0 Å². The quantitative estimate of drug-likeness (QED) is 0.828. The lowest BCUT2D eigenvalue weighted by molar-refractivity contribution is -0.139. The first-order chi connectivity index (χ1) is 10.8. The highest BCUT2D eigenvalue weighted by molar-refractivity contribution is 6.31. The number of hydrogen-bond donors (Lipinski definition) is 2. The molecule has 0 unspecified atom stereocenters. The van der Waals surface area contributed by atoms with E-state index in [0.29, 0.717) is 10.6 Å². The molecule has 0 aromatic heterocycles. The van der Waals surface area contributed by atoms with E-state index < -0.39 is 18.0 Å². The average molecular weight is 338 g/mol.